The number of benzene rings is 1. The lowest BCUT2D eigenvalue weighted by Gasteiger charge is -2.07. The van der Waals surface area contributed by atoms with E-state index >= 15 is 0 Å². The monoisotopic (exact) mass is 284 g/mol. The van der Waals surface area contributed by atoms with Gasteiger partial charge in [0.2, 0.25) is 5.91 Å². The van der Waals surface area contributed by atoms with Gasteiger partial charge in [-0.3, -0.25) is 9.36 Å². The number of nitrogens with zero attached hydrogens (tertiary/aromatic N) is 2. The molecule has 1 heterocycles. The number of aromatic nitrogens is 1. The molecule has 5 nitrogen and oxygen atoms in total. The highest BCUT2D eigenvalue weighted by atomic mass is 16.5. The maximum atomic E-state index is 11.8. The van der Waals surface area contributed by atoms with Gasteiger partial charge in [-0.2, -0.15) is 5.26 Å². The van der Waals surface area contributed by atoms with E-state index in [9.17, 15) is 10.1 Å². The van der Waals surface area contributed by atoms with Crippen molar-refractivity contribution in [2.45, 2.75) is 13.8 Å². The summed E-state index contributed by atoms with van der Waals surface area (Å²) in [6.45, 7) is 3.71. The van der Waals surface area contributed by atoms with Gasteiger partial charge in [0.25, 0.3) is 0 Å². The Bertz CT molecular complexity index is 694. The van der Waals surface area contributed by atoms with Gasteiger partial charge in [-0.05, 0) is 31.2 Å². The highest BCUT2D eigenvalue weighted by molar-refractivity contribution is 5.86. The Morgan fingerprint density at radius 2 is 2.00 bits per heavy atom. The number of ether oxygens (including phenoxy) is 2. The molecule has 0 aliphatic heterocycles. The number of carbonyl (C=O) groups excluding carboxylic acids is 1. The third-order valence-electron chi connectivity index (χ3n) is 3.08. The van der Waals surface area contributed by atoms with Gasteiger partial charge in [0, 0.05) is 12.5 Å². The number of rotatable bonds is 4. The minimum atomic E-state index is -0.178. The van der Waals surface area contributed by atoms with Crippen LogP contribution in [0.3, 0.4) is 0 Å². The average molecular weight is 284 g/mol. The number of hydrogen-bond donors (Lipinski definition) is 0. The Labute approximate surface area is 123 Å². The van der Waals surface area contributed by atoms with Gasteiger partial charge in [-0.25, -0.2) is 0 Å². The lowest BCUT2D eigenvalue weighted by molar-refractivity contribution is 0.0938. The molecule has 0 radical (unpaired) electrons. The van der Waals surface area contributed by atoms with E-state index in [-0.39, 0.29) is 5.91 Å². The van der Waals surface area contributed by atoms with E-state index in [1.807, 2.05) is 19.1 Å². The summed E-state index contributed by atoms with van der Waals surface area (Å²) in [5.74, 6) is 0.951. The number of nitriles is 1. The minimum absolute atomic E-state index is 0.178. The third kappa shape index (κ3) is 2.75. The molecule has 0 fully saturated rings. The normalized spacial score (nSPS) is 10.0. The molecule has 0 amide bonds. The first-order valence-electron chi connectivity index (χ1n) is 6.56. The summed E-state index contributed by atoms with van der Waals surface area (Å²) in [6.07, 6.45) is 1.56. The van der Waals surface area contributed by atoms with Crippen LogP contribution in [-0.2, 0) is 0 Å². The molecule has 1 aromatic carbocycles. The van der Waals surface area contributed by atoms with Gasteiger partial charge < -0.3 is 9.47 Å². The average Bonchev–Trinajstić information content (AvgIpc) is 2.86. The molecular weight excluding hydrogens is 268 g/mol. The molecule has 1 aromatic heterocycles. The Hall–Kier alpha value is -2.74. The quantitative estimate of drug-likeness (QED) is 0.865. The van der Waals surface area contributed by atoms with Gasteiger partial charge in [0.15, 0.2) is 5.75 Å². The molecule has 0 N–H and O–H groups in total. The van der Waals surface area contributed by atoms with Gasteiger partial charge in [0.05, 0.1) is 25.6 Å². The molecule has 0 saturated carbocycles. The molecule has 0 aliphatic rings. The van der Waals surface area contributed by atoms with Crippen molar-refractivity contribution >= 4 is 5.91 Å². The molecule has 5 heteroatoms. The zero-order chi connectivity index (χ0) is 15.4. The Morgan fingerprint density at radius 1 is 1.33 bits per heavy atom. The number of carbonyl (C=O) groups is 1. The zero-order valence-electron chi connectivity index (χ0n) is 12.2. The number of hydrogen-bond acceptors (Lipinski definition) is 4. The largest absolute Gasteiger partial charge is 0.497 e. The van der Waals surface area contributed by atoms with Crippen molar-refractivity contribution in [3.63, 3.8) is 0 Å². The highest BCUT2D eigenvalue weighted by Crippen LogP contribution is 2.33. The highest BCUT2D eigenvalue weighted by Gasteiger charge is 2.20. The lowest BCUT2D eigenvalue weighted by Crippen LogP contribution is -2.06. The van der Waals surface area contributed by atoms with E-state index in [4.69, 9.17) is 9.47 Å². The molecule has 0 aliphatic carbocycles. The molecule has 2 rings (SSSR count). The van der Waals surface area contributed by atoms with Gasteiger partial charge in [-0.1, -0.05) is 0 Å². The number of methoxy groups -OCH3 is 1. The van der Waals surface area contributed by atoms with E-state index in [1.54, 1.807) is 25.4 Å². The lowest BCUT2D eigenvalue weighted by atomic mass is 10.1. The molecule has 0 unspecified atom stereocenters. The maximum Gasteiger partial charge on any atom is 0.228 e. The summed E-state index contributed by atoms with van der Waals surface area (Å²) in [6, 6.07) is 9.31. The van der Waals surface area contributed by atoms with Crippen molar-refractivity contribution in [3.8, 4) is 28.8 Å². The van der Waals surface area contributed by atoms with E-state index in [2.05, 4.69) is 6.07 Å². The van der Waals surface area contributed by atoms with Crippen LogP contribution >= 0.6 is 0 Å². The van der Waals surface area contributed by atoms with Crippen LogP contribution in [0.5, 0.6) is 11.5 Å². The second-order valence-electron chi connectivity index (χ2n) is 4.38. The second-order valence-corrected chi connectivity index (χ2v) is 4.38. The third-order valence-corrected chi connectivity index (χ3v) is 3.08. The first kappa shape index (κ1) is 14.7. The first-order chi connectivity index (χ1) is 10.1. The molecule has 0 bridgehead atoms. The Balaban J connectivity index is 2.64. The summed E-state index contributed by atoms with van der Waals surface area (Å²) in [7, 11) is 1.58. The minimum Gasteiger partial charge on any atom is -0.497 e. The molecule has 0 saturated heterocycles. The van der Waals surface area contributed by atoms with Crippen molar-refractivity contribution in [2.75, 3.05) is 13.7 Å². The van der Waals surface area contributed by atoms with Crippen LogP contribution in [0.4, 0.5) is 0 Å². The Morgan fingerprint density at radius 3 is 2.48 bits per heavy atom. The summed E-state index contributed by atoms with van der Waals surface area (Å²) in [5, 5.41) is 9.40. The van der Waals surface area contributed by atoms with Crippen LogP contribution in [0.15, 0.2) is 30.5 Å². The summed E-state index contributed by atoms with van der Waals surface area (Å²) in [5.41, 5.74) is 1.65. The van der Waals surface area contributed by atoms with E-state index < -0.39 is 0 Å². The van der Waals surface area contributed by atoms with Crippen LogP contribution in [-0.4, -0.2) is 24.2 Å². The SMILES string of the molecule is CCOc1cn(C(C)=O)c(-c2ccc(OC)cc2)c1C#N. The second kappa shape index (κ2) is 6.14. The predicted molar refractivity (Wildman–Crippen MR) is 78.6 cm³/mol. The molecular formula is C16H16N2O3. The van der Waals surface area contributed by atoms with Crippen molar-refractivity contribution in [3.05, 3.63) is 36.0 Å². The maximum absolute atomic E-state index is 11.8. The zero-order valence-corrected chi connectivity index (χ0v) is 12.2. The fourth-order valence-electron chi connectivity index (χ4n) is 2.14. The fourth-order valence-corrected chi connectivity index (χ4v) is 2.14. The van der Waals surface area contributed by atoms with Gasteiger partial charge in [0.1, 0.15) is 17.4 Å². The van der Waals surface area contributed by atoms with Crippen LogP contribution in [0.1, 0.15) is 24.2 Å². The molecule has 0 spiro atoms. The summed E-state index contributed by atoms with van der Waals surface area (Å²) >= 11 is 0. The van der Waals surface area contributed by atoms with Crippen molar-refractivity contribution in [1.82, 2.24) is 4.57 Å². The van der Waals surface area contributed by atoms with Crippen LogP contribution < -0.4 is 9.47 Å². The van der Waals surface area contributed by atoms with Crippen molar-refractivity contribution in [1.29, 1.82) is 5.26 Å². The van der Waals surface area contributed by atoms with Gasteiger partial charge in [-0.15, -0.1) is 0 Å². The Kier molecular flexibility index (Phi) is 4.29. The predicted octanol–water partition coefficient (Wildman–Crippen LogP) is 3.09. The van der Waals surface area contributed by atoms with E-state index in [0.717, 1.165) is 5.56 Å². The topological polar surface area (TPSA) is 64.2 Å². The fraction of sp³-hybridized carbons (Fsp3) is 0.250. The molecule has 21 heavy (non-hydrogen) atoms. The standard InChI is InChI=1S/C16H16N2O3/c1-4-21-15-10-18(11(2)19)16(14(15)9-17)12-5-7-13(20-3)8-6-12/h5-8,10H,4H2,1-3H3. The van der Waals surface area contributed by atoms with Crippen LogP contribution in [0, 0.1) is 11.3 Å². The molecule has 0 atom stereocenters. The molecule has 2 aromatic rings. The van der Waals surface area contributed by atoms with Crippen molar-refractivity contribution in [2.24, 2.45) is 0 Å². The summed E-state index contributed by atoms with van der Waals surface area (Å²) < 4.78 is 12.0. The van der Waals surface area contributed by atoms with E-state index in [1.165, 1.54) is 11.5 Å². The van der Waals surface area contributed by atoms with Crippen LogP contribution in [0.2, 0.25) is 0 Å². The van der Waals surface area contributed by atoms with Crippen molar-refractivity contribution < 1.29 is 14.3 Å². The smallest absolute Gasteiger partial charge is 0.228 e. The van der Waals surface area contributed by atoms with Crippen LogP contribution in [0.25, 0.3) is 11.3 Å². The summed E-state index contributed by atoms with van der Waals surface area (Å²) in [4.78, 5) is 11.8. The van der Waals surface area contributed by atoms with Gasteiger partial charge >= 0.3 is 0 Å². The first-order valence-corrected chi connectivity index (χ1v) is 6.56. The van der Waals surface area contributed by atoms with E-state index in [0.29, 0.717) is 29.4 Å². The molecule has 108 valence electrons.